The van der Waals surface area contributed by atoms with Gasteiger partial charge in [-0.15, -0.1) is 5.54 Å². The van der Waals surface area contributed by atoms with Gasteiger partial charge in [-0.2, -0.15) is 0 Å². The smallest absolute Gasteiger partial charge is 0.330 e. The van der Waals surface area contributed by atoms with Gasteiger partial charge < -0.3 is 4.74 Å². The van der Waals surface area contributed by atoms with E-state index in [0.717, 1.165) is 17.5 Å². The number of carbonyl (C=O) groups is 1. The van der Waals surface area contributed by atoms with E-state index in [0.29, 0.717) is 12.5 Å². The van der Waals surface area contributed by atoms with Crippen LogP contribution in [0.3, 0.4) is 0 Å². The molecule has 0 bridgehead atoms. The van der Waals surface area contributed by atoms with Crippen molar-refractivity contribution in [3.05, 3.63) is 41.5 Å². The molecule has 1 atom stereocenters. The van der Waals surface area contributed by atoms with Gasteiger partial charge in [-0.05, 0) is 29.7 Å². The summed E-state index contributed by atoms with van der Waals surface area (Å²) in [6, 6.07) is 7.90. The summed E-state index contributed by atoms with van der Waals surface area (Å²) in [5.74, 6) is 3.33. The summed E-state index contributed by atoms with van der Waals surface area (Å²) in [5, 5.41) is 0. The number of hydrogen-bond donors (Lipinski definition) is 0. The largest absolute Gasteiger partial charge is 0.462 e. The van der Waals surface area contributed by atoms with Crippen LogP contribution in [0.4, 0.5) is 0 Å². The van der Waals surface area contributed by atoms with Crippen LogP contribution in [0, 0.1) is 17.4 Å². The molecule has 1 rings (SSSR count). The zero-order chi connectivity index (χ0) is 16.6. The van der Waals surface area contributed by atoms with Crippen LogP contribution < -0.4 is 0 Å². The van der Waals surface area contributed by atoms with Crippen molar-refractivity contribution in [2.45, 2.75) is 39.9 Å². The minimum Gasteiger partial charge on any atom is -0.462 e. The molecule has 0 spiro atoms. The molecule has 22 heavy (non-hydrogen) atoms. The van der Waals surface area contributed by atoms with Gasteiger partial charge >= 0.3 is 5.97 Å². The summed E-state index contributed by atoms with van der Waals surface area (Å²) >= 11 is 0. The van der Waals surface area contributed by atoms with E-state index < -0.39 is 8.07 Å². The molecular formula is C19H26O2Si. The highest BCUT2D eigenvalue weighted by Gasteiger charge is 2.07. The highest BCUT2D eigenvalue weighted by Crippen LogP contribution is 2.07. The molecule has 0 heterocycles. The molecule has 118 valence electrons. The molecule has 0 aliphatic rings. The van der Waals surface area contributed by atoms with Gasteiger partial charge in [-0.3, -0.25) is 0 Å². The fourth-order valence-corrected chi connectivity index (χ4v) is 2.01. The second kappa shape index (κ2) is 8.60. The average molecular weight is 315 g/mol. The maximum atomic E-state index is 11.6. The summed E-state index contributed by atoms with van der Waals surface area (Å²) < 4.78 is 5.17. The van der Waals surface area contributed by atoms with Crippen LogP contribution in [-0.2, 0) is 9.53 Å². The van der Waals surface area contributed by atoms with Crippen molar-refractivity contribution in [2.24, 2.45) is 5.92 Å². The van der Waals surface area contributed by atoms with Crippen molar-refractivity contribution >= 4 is 20.1 Å². The van der Waals surface area contributed by atoms with E-state index >= 15 is 0 Å². The third kappa shape index (κ3) is 7.85. The van der Waals surface area contributed by atoms with E-state index in [-0.39, 0.29) is 5.97 Å². The summed E-state index contributed by atoms with van der Waals surface area (Å²) in [7, 11) is -1.34. The standard InChI is InChI=1S/C19H26O2Si/c1-6-16(2)15-21-19(20)12-11-17-7-9-18(10-8-17)13-14-22(3,4)5/h7-12,16H,6,15H2,1-5H3/b12-11+. The van der Waals surface area contributed by atoms with Crippen LogP contribution in [0.15, 0.2) is 30.3 Å². The number of hydrogen-bond acceptors (Lipinski definition) is 2. The first-order chi connectivity index (χ1) is 10.3. The molecule has 1 unspecified atom stereocenters. The van der Waals surface area contributed by atoms with E-state index in [1.807, 2.05) is 24.3 Å². The molecule has 0 saturated carbocycles. The molecular weight excluding hydrogens is 288 g/mol. The van der Waals surface area contributed by atoms with Gasteiger partial charge in [0.25, 0.3) is 0 Å². The number of ether oxygens (including phenoxy) is 1. The Balaban J connectivity index is 2.58. The Labute approximate surface area is 135 Å². The van der Waals surface area contributed by atoms with Crippen molar-refractivity contribution < 1.29 is 9.53 Å². The summed E-state index contributed by atoms with van der Waals surface area (Å²) in [4.78, 5) is 11.6. The Morgan fingerprint density at radius 1 is 1.27 bits per heavy atom. The quantitative estimate of drug-likeness (QED) is 0.346. The third-order valence-corrected chi connectivity index (χ3v) is 3.99. The lowest BCUT2D eigenvalue weighted by Crippen LogP contribution is -2.16. The van der Waals surface area contributed by atoms with Gasteiger partial charge in [-0.25, -0.2) is 4.79 Å². The summed E-state index contributed by atoms with van der Waals surface area (Å²) in [6.45, 7) is 11.3. The maximum absolute atomic E-state index is 11.6. The highest BCUT2D eigenvalue weighted by atomic mass is 28.3. The predicted molar refractivity (Wildman–Crippen MR) is 96.1 cm³/mol. The van der Waals surface area contributed by atoms with E-state index in [4.69, 9.17) is 4.74 Å². The Morgan fingerprint density at radius 2 is 1.91 bits per heavy atom. The first-order valence-corrected chi connectivity index (χ1v) is 11.3. The fraction of sp³-hybridized carbons (Fsp3) is 0.421. The van der Waals surface area contributed by atoms with Crippen LogP contribution in [-0.4, -0.2) is 20.7 Å². The number of rotatable bonds is 5. The minimum absolute atomic E-state index is 0.289. The van der Waals surface area contributed by atoms with Gasteiger partial charge in [0.05, 0.1) is 6.61 Å². The van der Waals surface area contributed by atoms with Crippen molar-refractivity contribution in [3.63, 3.8) is 0 Å². The van der Waals surface area contributed by atoms with Gasteiger partial charge in [0.2, 0.25) is 0 Å². The lowest BCUT2D eigenvalue weighted by Gasteiger charge is -2.07. The third-order valence-electron chi connectivity index (χ3n) is 3.11. The predicted octanol–water partition coefficient (Wildman–Crippen LogP) is 4.52. The maximum Gasteiger partial charge on any atom is 0.330 e. The zero-order valence-electron chi connectivity index (χ0n) is 14.3. The van der Waals surface area contributed by atoms with Gasteiger partial charge in [-0.1, -0.05) is 58.0 Å². The SMILES string of the molecule is CCC(C)COC(=O)/C=C/c1ccc(C#C[Si](C)(C)C)cc1. The van der Waals surface area contributed by atoms with Crippen LogP contribution in [0.5, 0.6) is 0 Å². The Morgan fingerprint density at radius 3 is 2.45 bits per heavy atom. The van der Waals surface area contributed by atoms with E-state index in [2.05, 4.69) is 45.0 Å². The van der Waals surface area contributed by atoms with Crippen LogP contribution in [0.1, 0.15) is 31.4 Å². The van der Waals surface area contributed by atoms with E-state index in [1.165, 1.54) is 6.08 Å². The normalized spacial score (nSPS) is 12.6. The van der Waals surface area contributed by atoms with E-state index in [9.17, 15) is 4.79 Å². The average Bonchev–Trinajstić information content (AvgIpc) is 2.48. The molecule has 0 N–H and O–H groups in total. The van der Waals surface area contributed by atoms with Crippen LogP contribution in [0.2, 0.25) is 19.6 Å². The topological polar surface area (TPSA) is 26.3 Å². The summed E-state index contributed by atoms with van der Waals surface area (Å²) in [6.07, 6.45) is 4.26. The first-order valence-electron chi connectivity index (χ1n) is 7.78. The monoisotopic (exact) mass is 314 g/mol. The highest BCUT2D eigenvalue weighted by molar-refractivity contribution is 6.83. The second-order valence-electron chi connectivity index (χ2n) is 6.60. The van der Waals surface area contributed by atoms with Crippen molar-refractivity contribution in [2.75, 3.05) is 6.61 Å². The van der Waals surface area contributed by atoms with E-state index in [1.54, 1.807) is 6.08 Å². The van der Waals surface area contributed by atoms with Gasteiger partial charge in [0, 0.05) is 11.6 Å². The Kier molecular flexibility index (Phi) is 7.14. The van der Waals surface area contributed by atoms with Crippen molar-refractivity contribution in [3.8, 4) is 11.5 Å². The van der Waals surface area contributed by atoms with Crippen LogP contribution in [0.25, 0.3) is 6.08 Å². The lowest BCUT2D eigenvalue weighted by atomic mass is 10.1. The van der Waals surface area contributed by atoms with Crippen molar-refractivity contribution in [1.82, 2.24) is 0 Å². The minimum atomic E-state index is -1.34. The fourth-order valence-electron chi connectivity index (χ4n) is 1.49. The number of esters is 1. The molecule has 1 aromatic carbocycles. The molecule has 0 fully saturated rings. The molecule has 0 aliphatic carbocycles. The number of carbonyl (C=O) groups excluding carboxylic acids is 1. The zero-order valence-corrected chi connectivity index (χ0v) is 15.3. The molecule has 0 radical (unpaired) electrons. The van der Waals surface area contributed by atoms with Crippen LogP contribution >= 0.6 is 0 Å². The molecule has 2 nitrogen and oxygen atoms in total. The molecule has 0 aromatic heterocycles. The number of benzene rings is 1. The molecule has 1 aromatic rings. The first kappa shape index (κ1) is 18.3. The Hall–Kier alpha value is -1.79. The lowest BCUT2D eigenvalue weighted by molar-refractivity contribution is -0.138. The summed E-state index contributed by atoms with van der Waals surface area (Å²) in [5.41, 5.74) is 5.32. The van der Waals surface area contributed by atoms with Gasteiger partial charge in [0.1, 0.15) is 8.07 Å². The molecule has 0 amide bonds. The molecule has 3 heteroatoms. The van der Waals surface area contributed by atoms with Gasteiger partial charge in [0.15, 0.2) is 0 Å². The molecule has 0 aliphatic heterocycles. The Bertz CT molecular complexity index is 568. The second-order valence-corrected chi connectivity index (χ2v) is 11.3. The van der Waals surface area contributed by atoms with Crippen molar-refractivity contribution in [1.29, 1.82) is 0 Å². The molecule has 0 saturated heterocycles.